The third-order valence-corrected chi connectivity index (χ3v) is 4.48. The van der Waals surface area contributed by atoms with Gasteiger partial charge in [-0.25, -0.2) is 0 Å². The fraction of sp³-hybridized carbons (Fsp3) is 0.350. The van der Waals surface area contributed by atoms with Gasteiger partial charge in [-0.3, -0.25) is 14.6 Å². The minimum Gasteiger partial charge on any atom is -0.339 e. The number of nitrogens with zero attached hydrogens (tertiary/aromatic N) is 3. The van der Waals surface area contributed by atoms with E-state index in [4.69, 9.17) is 0 Å². The zero-order valence-corrected chi connectivity index (χ0v) is 14.5. The van der Waals surface area contributed by atoms with Crippen LogP contribution in [0.2, 0.25) is 0 Å². The van der Waals surface area contributed by atoms with Gasteiger partial charge in [0.1, 0.15) is 5.69 Å². The van der Waals surface area contributed by atoms with Crippen molar-refractivity contribution in [3.05, 3.63) is 65.5 Å². The van der Waals surface area contributed by atoms with Gasteiger partial charge in [-0.2, -0.15) is 0 Å². The standard InChI is InChI=1S/C20H23N3O2/c1-22(15-16-8-4-2-5-9-16)20(25)18-14-17(10-11-21-18)19(24)23-12-6-3-7-13-23/h2,4-5,8-11,14H,3,6-7,12-13,15H2,1H3. The lowest BCUT2D eigenvalue weighted by molar-refractivity contribution is 0.0724. The Morgan fingerprint density at radius 3 is 2.52 bits per heavy atom. The molecular formula is C20H23N3O2. The first-order valence-electron chi connectivity index (χ1n) is 8.70. The Bertz CT molecular complexity index is 740. The molecule has 5 heteroatoms. The van der Waals surface area contributed by atoms with Gasteiger partial charge in [-0.05, 0) is 37.0 Å². The number of pyridine rings is 1. The molecule has 0 spiro atoms. The van der Waals surface area contributed by atoms with Crippen LogP contribution in [0.3, 0.4) is 0 Å². The van der Waals surface area contributed by atoms with Crippen molar-refractivity contribution in [3.8, 4) is 0 Å². The second kappa shape index (κ2) is 7.92. The summed E-state index contributed by atoms with van der Waals surface area (Å²) in [6.45, 7) is 2.09. The Balaban J connectivity index is 1.71. The molecule has 130 valence electrons. The molecule has 1 aromatic heterocycles. The molecule has 0 N–H and O–H groups in total. The second-order valence-corrected chi connectivity index (χ2v) is 6.43. The van der Waals surface area contributed by atoms with E-state index in [0.717, 1.165) is 31.5 Å². The van der Waals surface area contributed by atoms with Crippen LogP contribution in [0.1, 0.15) is 45.7 Å². The predicted octanol–water partition coefficient (Wildman–Crippen LogP) is 2.98. The van der Waals surface area contributed by atoms with E-state index in [-0.39, 0.29) is 11.8 Å². The number of rotatable bonds is 4. The molecule has 3 rings (SSSR count). The Labute approximate surface area is 148 Å². The van der Waals surface area contributed by atoms with Crippen LogP contribution in [0.4, 0.5) is 0 Å². The quantitative estimate of drug-likeness (QED) is 0.862. The second-order valence-electron chi connectivity index (χ2n) is 6.43. The Morgan fingerprint density at radius 2 is 1.80 bits per heavy atom. The molecule has 1 aliphatic rings. The van der Waals surface area contributed by atoms with E-state index in [0.29, 0.717) is 17.8 Å². The lowest BCUT2D eigenvalue weighted by atomic mass is 10.1. The van der Waals surface area contributed by atoms with Gasteiger partial charge in [0.25, 0.3) is 11.8 Å². The van der Waals surface area contributed by atoms with E-state index in [2.05, 4.69) is 4.98 Å². The monoisotopic (exact) mass is 337 g/mol. The van der Waals surface area contributed by atoms with Crippen molar-refractivity contribution in [1.29, 1.82) is 0 Å². The molecule has 2 aromatic rings. The van der Waals surface area contributed by atoms with E-state index in [1.807, 2.05) is 35.2 Å². The molecule has 2 amide bonds. The first-order valence-corrected chi connectivity index (χ1v) is 8.70. The molecule has 1 fully saturated rings. The number of carbonyl (C=O) groups excluding carboxylic acids is 2. The summed E-state index contributed by atoms with van der Waals surface area (Å²) in [6, 6.07) is 13.1. The van der Waals surface area contributed by atoms with E-state index >= 15 is 0 Å². The summed E-state index contributed by atoms with van der Waals surface area (Å²) in [5.41, 5.74) is 1.90. The average Bonchev–Trinajstić information content (AvgIpc) is 2.68. The fourth-order valence-corrected chi connectivity index (χ4v) is 3.08. The number of hydrogen-bond donors (Lipinski definition) is 0. The van der Waals surface area contributed by atoms with Crippen molar-refractivity contribution in [2.45, 2.75) is 25.8 Å². The number of amides is 2. The summed E-state index contributed by atoms with van der Waals surface area (Å²) in [7, 11) is 1.75. The van der Waals surface area contributed by atoms with Crippen molar-refractivity contribution in [1.82, 2.24) is 14.8 Å². The summed E-state index contributed by atoms with van der Waals surface area (Å²) in [5.74, 6) is -0.195. The van der Waals surface area contributed by atoms with E-state index in [1.165, 1.54) is 6.42 Å². The average molecular weight is 337 g/mol. The molecule has 1 saturated heterocycles. The first kappa shape index (κ1) is 17.1. The Morgan fingerprint density at radius 1 is 1.08 bits per heavy atom. The van der Waals surface area contributed by atoms with Crippen LogP contribution in [0, 0.1) is 0 Å². The molecule has 0 atom stereocenters. The van der Waals surface area contributed by atoms with Crippen molar-refractivity contribution >= 4 is 11.8 Å². The minimum absolute atomic E-state index is 0.0122. The topological polar surface area (TPSA) is 53.5 Å². The summed E-state index contributed by atoms with van der Waals surface area (Å²) in [6.07, 6.45) is 4.81. The van der Waals surface area contributed by atoms with Crippen LogP contribution in [0.15, 0.2) is 48.7 Å². The van der Waals surface area contributed by atoms with Crippen LogP contribution in [-0.2, 0) is 6.54 Å². The molecular weight excluding hydrogens is 314 g/mol. The van der Waals surface area contributed by atoms with Gasteiger partial charge in [-0.15, -0.1) is 0 Å². The molecule has 0 radical (unpaired) electrons. The van der Waals surface area contributed by atoms with Gasteiger partial charge in [0.05, 0.1) is 0 Å². The largest absolute Gasteiger partial charge is 0.339 e. The Kier molecular flexibility index (Phi) is 5.43. The highest BCUT2D eigenvalue weighted by atomic mass is 16.2. The van der Waals surface area contributed by atoms with Crippen molar-refractivity contribution in [2.24, 2.45) is 0 Å². The van der Waals surface area contributed by atoms with Crippen molar-refractivity contribution < 1.29 is 9.59 Å². The van der Waals surface area contributed by atoms with Gasteiger partial charge < -0.3 is 9.80 Å². The number of benzene rings is 1. The van der Waals surface area contributed by atoms with Crippen LogP contribution >= 0.6 is 0 Å². The van der Waals surface area contributed by atoms with Gasteiger partial charge in [-0.1, -0.05) is 30.3 Å². The molecule has 0 unspecified atom stereocenters. The molecule has 0 saturated carbocycles. The smallest absolute Gasteiger partial charge is 0.272 e. The third kappa shape index (κ3) is 4.24. The third-order valence-electron chi connectivity index (χ3n) is 4.48. The number of likely N-dealkylation sites (tertiary alicyclic amines) is 1. The molecule has 1 aliphatic heterocycles. The zero-order valence-electron chi connectivity index (χ0n) is 14.5. The van der Waals surface area contributed by atoms with Crippen molar-refractivity contribution in [2.75, 3.05) is 20.1 Å². The fourth-order valence-electron chi connectivity index (χ4n) is 3.08. The van der Waals surface area contributed by atoms with E-state index in [9.17, 15) is 9.59 Å². The summed E-state index contributed by atoms with van der Waals surface area (Å²) >= 11 is 0. The predicted molar refractivity (Wildman–Crippen MR) is 96.2 cm³/mol. The zero-order chi connectivity index (χ0) is 17.6. The SMILES string of the molecule is CN(Cc1ccccc1)C(=O)c1cc(C(=O)N2CCCCC2)ccn1. The Hall–Kier alpha value is -2.69. The van der Waals surface area contributed by atoms with Crippen molar-refractivity contribution in [3.63, 3.8) is 0 Å². The maximum absolute atomic E-state index is 12.6. The van der Waals surface area contributed by atoms with E-state index < -0.39 is 0 Å². The number of hydrogen-bond acceptors (Lipinski definition) is 3. The summed E-state index contributed by atoms with van der Waals surface area (Å²) < 4.78 is 0. The molecule has 1 aromatic carbocycles. The molecule has 25 heavy (non-hydrogen) atoms. The lowest BCUT2D eigenvalue weighted by Gasteiger charge is -2.26. The minimum atomic E-state index is -0.183. The normalized spacial score (nSPS) is 14.2. The van der Waals surface area contributed by atoms with Crippen LogP contribution in [0.5, 0.6) is 0 Å². The summed E-state index contributed by atoms with van der Waals surface area (Å²) in [5, 5.41) is 0. The van der Waals surface area contributed by atoms with Crippen LogP contribution in [-0.4, -0.2) is 46.7 Å². The maximum atomic E-state index is 12.6. The molecule has 0 bridgehead atoms. The van der Waals surface area contributed by atoms with Gasteiger partial charge in [0, 0.05) is 38.4 Å². The lowest BCUT2D eigenvalue weighted by Crippen LogP contribution is -2.36. The molecule has 5 nitrogen and oxygen atoms in total. The first-order chi connectivity index (χ1) is 12.1. The van der Waals surface area contributed by atoms with Gasteiger partial charge in [0.2, 0.25) is 0 Å². The number of carbonyl (C=O) groups is 2. The van der Waals surface area contributed by atoms with Gasteiger partial charge in [0.15, 0.2) is 0 Å². The summed E-state index contributed by atoms with van der Waals surface area (Å²) in [4.78, 5) is 32.9. The highest BCUT2D eigenvalue weighted by molar-refractivity contribution is 5.98. The number of aromatic nitrogens is 1. The van der Waals surface area contributed by atoms with Crippen LogP contribution in [0.25, 0.3) is 0 Å². The van der Waals surface area contributed by atoms with E-state index in [1.54, 1.807) is 30.3 Å². The highest BCUT2D eigenvalue weighted by Gasteiger charge is 2.20. The molecule has 0 aliphatic carbocycles. The highest BCUT2D eigenvalue weighted by Crippen LogP contribution is 2.14. The van der Waals surface area contributed by atoms with Gasteiger partial charge >= 0.3 is 0 Å². The number of piperidine rings is 1. The molecule has 2 heterocycles. The van der Waals surface area contributed by atoms with Crippen LogP contribution < -0.4 is 0 Å². The maximum Gasteiger partial charge on any atom is 0.272 e.